The molecular formula is C14H22N2O. The summed E-state index contributed by atoms with van der Waals surface area (Å²) in [5.74, 6) is 0.0806. The molecular weight excluding hydrogens is 212 g/mol. The van der Waals surface area contributed by atoms with Crippen molar-refractivity contribution in [2.45, 2.75) is 39.8 Å². The molecule has 0 aliphatic rings. The summed E-state index contributed by atoms with van der Waals surface area (Å²) < 4.78 is 0. The molecule has 1 amide bonds. The quantitative estimate of drug-likeness (QED) is 0.817. The summed E-state index contributed by atoms with van der Waals surface area (Å²) in [4.78, 5) is 11.6. The normalized spacial score (nSPS) is 12.5. The van der Waals surface area contributed by atoms with Crippen LogP contribution >= 0.6 is 0 Å². The number of rotatable bonds is 5. The fourth-order valence-electron chi connectivity index (χ4n) is 1.50. The van der Waals surface area contributed by atoms with E-state index in [4.69, 9.17) is 5.73 Å². The van der Waals surface area contributed by atoms with E-state index in [9.17, 15) is 4.79 Å². The molecule has 94 valence electrons. The van der Waals surface area contributed by atoms with Crippen molar-refractivity contribution >= 4 is 5.91 Å². The lowest BCUT2D eigenvalue weighted by molar-refractivity contribution is -0.123. The van der Waals surface area contributed by atoms with Crippen LogP contribution in [0.5, 0.6) is 0 Å². The van der Waals surface area contributed by atoms with Crippen molar-refractivity contribution in [3.8, 4) is 0 Å². The minimum atomic E-state index is -0.426. The highest BCUT2D eigenvalue weighted by atomic mass is 16.2. The van der Waals surface area contributed by atoms with Crippen LogP contribution in [0.3, 0.4) is 0 Å². The van der Waals surface area contributed by atoms with Crippen LogP contribution < -0.4 is 11.1 Å². The molecule has 0 saturated heterocycles. The molecule has 1 unspecified atom stereocenters. The van der Waals surface area contributed by atoms with E-state index in [1.54, 1.807) is 0 Å². The van der Waals surface area contributed by atoms with E-state index in [2.05, 4.69) is 24.4 Å². The molecule has 3 heteroatoms. The summed E-state index contributed by atoms with van der Waals surface area (Å²) in [6.07, 6.45) is 1.03. The number of nitrogens with two attached hydrogens (primary N) is 1. The van der Waals surface area contributed by atoms with Crippen molar-refractivity contribution in [1.82, 2.24) is 5.32 Å². The van der Waals surface area contributed by atoms with Gasteiger partial charge < -0.3 is 11.1 Å². The summed E-state index contributed by atoms with van der Waals surface area (Å²) in [5.41, 5.74) is 8.17. The second kappa shape index (κ2) is 6.40. The van der Waals surface area contributed by atoms with Gasteiger partial charge in [-0.05, 0) is 23.5 Å². The summed E-state index contributed by atoms with van der Waals surface area (Å²) in [5, 5.41) is 2.85. The van der Waals surface area contributed by atoms with Crippen LogP contribution in [0.25, 0.3) is 0 Å². The van der Waals surface area contributed by atoms with Crippen molar-refractivity contribution in [3.63, 3.8) is 0 Å². The second-order valence-corrected chi connectivity index (χ2v) is 4.66. The lowest BCUT2D eigenvalue weighted by atomic mass is 10.0. The minimum absolute atomic E-state index is 0.0837. The zero-order valence-corrected chi connectivity index (χ0v) is 10.9. The van der Waals surface area contributed by atoms with Crippen LogP contribution in [0.4, 0.5) is 0 Å². The van der Waals surface area contributed by atoms with Crippen LogP contribution in [0, 0.1) is 5.92 Å². The average Bonchev–Trinajstić information content (AvgIpc) is 2.35. The molecule has 0 aromatic heterocycles. The SMILES string of the molecule is CCc1ccc(CNC(=O)C(N)C(C)C)cc1. The van der Waals surface area contributed by atoms with Crippen LogP contribution in [0.2, 0.25) is 0 Å². The van der Waals surface area contributed by atoms with Gasteiger partial charge in [0, 0.05) is 6.54 Å². The Bertz CT molecular complexity index is 357. The van der Waals surface area contributed by atoms with E-state index in [1.807, 2.05) is 26.0 Å². The van der Waals surface area contributed by atoms with Crippen LogP contribution in [-0.2, 0) is 17.8 Å². The van der Waals surface area contributed by atoms with Crippen LogP contribution in [0.15, 0.2) is 24.3 Å². The summed E-state index contributed by atoms with van der Waals surface area (Å²) in [6.45, 7) is 6.56. The number of nitrogens with one attached hydrogen (secondary N) is 1. The first-order valence-electron chi connectivity index (χ1n) is 6.15. The number of carbonyl (C=O) groups is 1. The van der Waals surface area contributed by atoms with E-state index in [1.165, 1.54) is 5.56 Å². The van der Waals surface area contributed by atoms with Gasteiger partial charge in [-0.2, -0.15) is 0 Å². The summed E-state index contributed by atoms with van der Waals surface area (Å²) in [7, 11) is 0. The molecule has 3 nitrogen and oxygen atoms in total. The van der Waals surface area contributed by atoms with Gasteiger partial charge in [-0.1, -0.05) is 45.0 Å². The summed E-state index contributed by atoms with van der Waals surface area (Å²) in [6, 6.07) is 7.83. The first-order valence-corrected chi connectivity index (χ1v) is 6.15. The highest BCUT2D eigenvalue weighted by molar-refractivity contribution is 5.81. The maximum absolute atomic E-state index is 11.6. The standard InChI is InChI=1S/C14H22N2O/c1-4-11-5-7-12(8-6-11)9-16-14(17)13(15)10(2)3/h5-8,10,13H,4,9,15H2,1-3H3,(H,16,17). The van der Waals surface area contributed by atoms with Gasteiger partial charge in [0.05, 0.1) is 6.04 Å². The second-order valence-electron chi connectivity index (χ2n) is 4.66. The minimum Gasteiger partial charge on any atom is -0.351 e. The maximum Gasteiger partial charge on any atom is 0.237 e. The number of amides is 1. The van der Waals surface area contributed by atoms with E-state index in [0.717, 1.165) is 12.0 Å². The van der Waals surface area contributed by atoms with Gasteiger partial charge in [0.2, 0.25) is 5.91 Å². The highest BCUT2D eigenvalue weighted by Crippen LogP contribution is 2.05. The molecule has 0 aliphatic heterocycles. The van der Waals surface area contributed by atoms with Crippen molar-refractivity contribution in [2.24, 2.45) is 11.7 Å². The molecule has 0 fully saturated rings. The number of benzene rings is 1. The molecule has 0 saturated carbocycles. The number of carbonyl (C=O) groups excluding carboxylic acids is 1. The molecule has 1 aromatic carbocycles. The lowest BCUT2D eigenvalue weighted by Gasteiger charge is -2.15. The van der Waals surface area contributed by atoms with Crippen LogP contribution in [-0.4, -0.2) is 11.9 Å². The molecule has 0 radical (unpaired) electrons. The van der Waals surface area contributed by atoms with E-state index in [0.29, 0.717) is 6.54 Å². The van der Waals surface area contributed by atoms with Crippen molar-refractivity contribution in [2.75, 3.05) is 0 Å². The number of hydrogen-bond donors (Lipinski definition) is 2. The Kier molecular flexibility index (Phi) is 5.16. The monoisotopic (exact) mass is 234 g/mol. The van der Waals surface area contributed by atoms with Gasteiger partial charge >= 0.3 is 0 Å². The largest absolute Gasteiger partial charge is 0.351 e. The Labute approximate surface area is 103 Å². The third kappa shape index (κ3) is 4.19. The number of hydrogen-bond acceptors (Lipinski definition) is 2. The molecule has 3 N–H and O–H groups in total. The zero-order valence-electron chi connectivity index (χ0n) is 10.9. The molecule has 0 bridgehead atoms. The molecule has 0 aliphatic carbocycles. The topological polar surface area (TPSA) is 55.1 Å². The summed E-state index contributed by atoms with van der Waals surface area (Å²) >= 11 is 0. The molecule has 1 rings (SSSR count). The Hall–Kier alpha value is -1.35. The fraction of sp³-hybridized carbons (Fsp3) is 0.500. The smallest absolute Gasteiger partial charge is 0.237 e. The Balaban J connectivity index is 2.47. The molecule has 1 aromatic rings. The Morgan fingerprint density at radius 3 is 2.24 bits per heavy atom. The van der Waals surface area contributed by atoms with Crippen molar-refractivity contribution in [1.29, 1.82) is 0 Å². The van der Waals surface area contributed by atoms with E-state index in [-0.39, 0.29) is 11.8 Å². The zero-order chi connectivity index (χ0) is 12.8. The maximum atomic E-state index is 11.6. The molecule has 1 atom stereocenters. The predicted octanol–water partition coefficient (Wildman–Crippen LogP) is 1.85. The molecule has 0 spiro atoms. The van der Waals surface area contributed by atoms with Crippen LogP contribution in [0.1, 0.15) is 31.9 Å². The fourth-order valence-corrected chi connectivity index (χ4v) is 1.50. The molecule has 17 heavy (non-hydrogen) atoms. The van der Waals surface area contributed by atoms with Gasteiger partial charge in [0.25, 0.3) is 0 Å². The Morgan fingerprint density at radius 1 is 1.24 bits per heavy atom. The third-order valence-electron chi connectivity index (χ3n) is 2.92. The van der Waals surface area contributed by atoms with Gasteiger partial charge in [-0.25, -0.2) is 0 Å². The lowest BCUT2D eigenvalue weighted by Crippen LogP contribution is -2.43. The van der Waals surface area contributed by atoms with Gasteiger partial charge in [0.1, 0.15) is 0 Å². The van der Waals surface area contributed by atoms with Gasteiger partial charge in [-0.15, -0.1) is 0 Å². The Morgan fingerprint density at radius 2 is 1.76 bits per heavy atom. The predicted molar refractivity (Wildman–Crippen MR) is 70.5 cm³/mol. The molecule has 0 heterocycles. The first kappa shape index (κ1) is 13.7. The average molecular weight is 234 g/mol. The van der Waals surface area contributed by atoms with Crippen molar-refractivity contribution in [3.05, 3.63) is 35.4 Å². The number of aryl methyl sites for hydroxylation is 1. The highest BCUT2D eigenvalue weighted by Gasteiger charge is 2.16. The van der Waals surface area contributed by atoms with E-state index >= 15 is 0 Å². The third-order valence-corrected chi connectivity index (χ3v) is 2.92. The van der Waals surface area contributed by atoms with Gasteiger partial charge in [-0.3, -0.25) is 4.79 Å². The van der Waals surface area contributed by atoms with Crippen molar-refractivity contribution < 1.29 is 4.79 Å². The van der Waals surface area contributed by atoms with E-state index < -0.39 is 6.04 Å². The first-order chi connectivity index (χ1) is 8.04. The van der Waals surface area contributed by atoms with Gasteiger partial charge in [0.15, 0.2) is 0 Å².